The fourth-order valence-electron chi connectivity index (χ4n) is 1.84. The number of nitrogens with one attached hydrogen (secondary N) is 1. The number of nitriles is 1. The molecule has 0 atom stereocenters. The Morgan fingerprint density at radius 3 is 2.52 bits per heavy atom. The van der Waals surface area contributed by atoms with Crippen molar-refractivity contribution in [2.45, 2.75) is 12.7 Å². The van der Waals surface area contributed by atoms with Gasteiger partial charge in [-0.3, -0.25) is 0 Å². The van der Waals surface area contributed by atoms with Crippen LogP contribution >= 0.6 is 11.6 Å². The molecule has 0 aliphatic heterocycles. The SMILES string of the molecule is N#Cc1ccc(NCc2cccc(Cl)c2)cc1C(F)(F)F. The Morgan fingerprint density at radius 1 is 1.14 bits per heavy atom. The first kappa shape index (κ1) is 15.2. The van der Waals surface area contributed by atoms with E-state index < -0.39 is 17.3 Å². The number of benzene rings is 2. The fourth-order valence-corrected chi connectivity index (χ4v) is 2.05. The van der Waals surface area contributed by atoms with Crippen LogP contribution in [0.3, 0.4) is 0 Å². The molecule has 0 heterocycles. The lowest BCUT2D eigenvalue weighted by Crippen LogP contribution is -2.09. The summed E-state index contributed by atoms with van der Waals surface area (Å²) in [6, 6.07) is 12.1. The summed E-state index contributed by atoms with van der Waals surface area (Å²) in [4.78, 5) is 0. The van der Waals surface area contributed by atoms with Gasteiger partial charge in [-0.05, 0) is 35.9 Å². The molecule has 1 N–H and O–H groups in total. The minimum Gasteiger partial charge on any atom is -0.381 e. The summed E-state index contributed by atoms with van der Waals surface area (Å²) in [5, 5.41) is 12.2. The van der Waals surface area contributed by atoms with Gasteiger partial charge in [0.05, 0.1) is 17.2 Å². The van der Waals surface area contributed by atoms with E-state index in [1.165, 1.54) is 6.07 Å². The van der Waals surface area contributed by atoms with E-state index in [1.807, 2.05) is 6.07 Å². The molecule has 0 spiro atoms. The van der Waals surface area contributed by atoms with E-state index in [1.54, 1.807) is 24.3 Å². The zero-order valence-electron chi connectivity index (χ0n) is 10.7. The minimum atomic E-state index is -4.56. The zero-order valence-corrected chi connectivity index (χ0v) is 11.5. The molecular weight excluding hydrogens is 301 g/mol. The number of anilines is 1. The van der Waals surface area contributed by atoms with Gasteiger partial charge >= 0.3 is 6.18 Å². The van der Waals surface area contributed by atoms with Gasteiger partial charge in [0.1, 0.15) is 0 Å². The van der Waals surface area contributed by atoms with Gasteiger partial charge in [0.15, 0.2) is 0 Å². The molecule has 2 rings (SSSR count). The minimum absolute atomic E-state index is 0.293. The van der Waals surface area contributed by atoms with Crippen molar-refractivity contribution in [1.82, 2.24) is 0 Å². The molecule has 0 aliphatic rings. The normalized spacial score (nSPS) is 11.0. The maximum absolute atomic E-state index is 12.8. The maximum atomic E-state index is 12.8. The van der Waals surface area contributed by atoms with Crippen LogP contribution in [-0.2, 0) is 12.7 Å². The van der Waals surface area contributed by atoms with Crippen molar-refractivity contribution in [1.29, 1.82) is 5.26 Å². The number of hydrogen-bond acceptors (Lipinski definition) is 2. The number of rotatable bonds is 3. The quantitative estimate of drug-likeness (QED) is 0.880. The van der Waals surface area contributed by atoms with Crippen molar-refractivity contribution >= 4 is 17.3 Å². The molecule has 0 amide bonds. The molecule has 0 fully saturated rings. The summed E-state index contributed by atoms with van der Waals surface area (Å²) in [5.74, 6) is 0. The summed E-state index contributed by atoms with van der Waals surface area (Å²) in [7, 11) is 0. The Bertz CT molecular complexity index is 690. The van der Waals surface area contributed by atoms with E-state index in [2.05, 4.69) is 5.32 Å². The van der Waals surface area contributed by atoms with Gasteiger partial charge in [-0.25, -0.2) is 0 Å². The van der Waals surface area contributed by atoms with E-state index >= 15 is 0 Å². The molecule has 0 unspecified atom stereocenters. The van der Waals surface area contributed by atoms with Gasteiger partial charge in [0.2, 0.25) is 0 Å². The second kappa shape index (κ2) is 6.06. The first-order valence-electron chi connectivity index (χ1n) is 6.00. The third-order valence-electron chi connectivity index (χ3n) is 2.83. The van der Waals surface area contributed by atoms with Crippen LogP contribution in [-0.4, -0.2) is 0 Å². The van der Waals surface area contributed by atoms with E-state index in [9.17, 15) is 13.2 Å². The summed E-state index contributed by atoms with van der Waals surface area (Å²) in [6.07, 6.45) is -4.56. The molecule has 21 heavy (non-hydrogen) atoms. The Labute approximate surface area is 124 Å². The molecular formula is C15H10ClF3N2. The van der Waals surface area contributed by atoms with Gasteiger partial charge in [-0.15, -0.1) is 0 Å². The van der Waals surface area contributed by atoms with Gasteiger partial charge in [-0.2, -0.15) is 18.4 Å². The lowest BCUT2D eigenvalue weighted by Gasteiger charge is -2.12. The molecule has 108 valence electrons. The number of nitrogens with zero attached hydrogens (tertiary/aromatic N) is 1. The molecule has 0 saturated carbocycles. The van der Waals surface area contributed by atoms with Crippen molar-refractivity contribution in [3.05, 3.63) is 64.2 Å². The molecule has 2 nitrogen and oxygen atoms in total. The summed E-state index contributed by atoms with van der Waals surface area (Å²) in [5.41, 5.74) is -0.196. The number of halogens is 4. The monoisotopic (exact) mass is 310 g/mol. The topological polar surface area (TPSA) is 35.8 Å². The predicted molar refractivity (Wildman–Crippen MR) is 74.9 cm³/mol. The van der Waals surface area contributed by atoms with E-state index in [4.69, 9.17) is 16.9 Å². The summed E-state index contributed by atoms with van der Waals surface area (Å²) in [6.45, 7) is 0.337. The number of hydrogen-bond donors (Lipinski definition) is 1. The number of alkyl halides is 3. The van der Waals surface area contributed by atoms with Gasteiger partial charge in [-0.1, -0.05) is 23.7 Å². The van der Waals surface area contributed by atoms with Crippen molar-refractivity contribution in [3.8, 4) is 6.07 Å². The Morgan fingerprint density at radius 2 is 1.90 bits per heavy atom. The summed E-state index contributed by atoms with van der Waals surface area (Å²) >= 11 is 5.84. The van der Waals surface area contributed by atoms with Gasteiger partial charge in [0.25, 0.3) is 0 Å². The van der Waals surface area contributed by atoms with Crippen molar-refractivity contribution < 1.29 is 13.2 Å². The lowest BCUT2D eigenvalue weighted by molar-refractivity contribution is -0.137. The molecule has 2 aromatic rings. The van der Waals surface area contributed by atoms with Crippen LogP contribution in [0.5, 0.6) is 0 Å². The highest BCUT2D eigenvalue weighted by Crippen LogP contribution is 2.33. The highest BCUT2D eigenvalue weighted by Gasteiger charge is 2.33. The van der Waals surface area contributed by atoms with E-state index in [-0.39, 0.29) is 0 Å². The zero-order chi connectivity index (χ0) is 15.5. The highest BCUT2D eigenvalue weighted by molar-refractivity contribution is 6.30. The largest absolute Gasteiger partial charge is 0.417 e. The van der Waals surface area contributed by atoms with Crippen LogP contribution < -0.4 is 5.32 Å². The molecule has 6 heteroatoms. The first-order valence-corrected chi connectivity index (χ1v) is 6.37. The van der Waals surface area contributed by atoms with Crippen molar-refractivity contribution in [2.24, 2.45) is 0 Å². The van der Waals surface area contributed by atoms with E-state index in [0.29, 0.717) is 17.3 Å². The van der Waals surface area contributed by atoms with Crippen LogP contribution in [0.25, 0.3) is 0 Å². The molecule has 0 bridgehead atoms. The molecule has 0 radical (unpaired) electrons. The molecule has 0 saturated heterocycles. The van der Waals surface area contributed by atoms with Crippen LogP contribution in [0.2, 0.25) is 5.02 Å². The third kappa shape index (κ3) is 3.89. The van der Waals surface area contributed by atoms with Crippen LogP contribution in [0.4, 0.5) is 18.9 Å². The third-order valence-corrected chi connectivity index (χ3v) is 3.07. The van der Waals surface area contributed by atoms with Crippen LogP contribution in [0.1, 0.15) is 16.7 Å². The Kier molecular flexibility index (Phi) is 4.39. The van der Waals surface area contributed by atoms with E-state index in [0.717, 1.165) is 17.7 Å². The van der Waals surface area contributed by atoms with Crippen molar-refractivity contribution in [3.63, 3.8) is 0 Å². The second-order valence-electron chi connectivity index (χ2n) is 4.35. The van der Waals surface area contributed by atoms with Gasteiger partial charge in [0, 0.05) is 17.3 Å². The molecule has 2 aromatic carbocycles. The predicted octanol–water partition coefficient (Wildman–Crippen LogP) is 4.84. The average molecular weight is 311 g/mol. The summed E-state index contributed by atoms with van der Waals surface area (Å²) < 4.78 is 38.5. The molecule has 0 aliphatic carbocycles. The Hall–Kier alpha value is -2.19. The van der Waals surface area contributed by atoms with Gasteiger partial charge < -0.3 is 5.32 Å². The Balaban J connectivity index is 2.20. The smallest absolute Gasteiger partial charge is 0.381 e. The standard InChI is InChI=1S/C15H10ClF3N2/c16-12-3-1-2-10(6-12)9-21-13-5-4-11(8-20)14(7-13)15(17,18)19/h1-7,21H,9H2. The first-order chi connectivity index (χ1) is 9.90. The average Bonchev–Trinajstić information content (AvgIpc) is 2.44. The highest BCUT2D eigenvalue weighted by atomic mass is 35.5. The second-order valence-corrected chi connectivity index (χ2v) is 4.79. The van der Waals surface area contributed by atoms with Crippen LogP contribution in [0, 0.1) is 11.3 Å². The molecule has 0 aromatic heterocycles. The fraction of sp³-hybridized carbons (Fsp3) is 0.133. The lowest BCUT2D eigenvalue weighted by atomic mass is 10.1. The maximum Gasteiger partial charge on any atom is 0.417 e. The van der Waals surface area contributed by atoms with Crippen molar-refractivity contribution in [2.75, 3.05) is 5.32 Å². The van der Waals surface area contributed by atoms with Crippen LogP contribution in [0.15, 0.2) is 42.5 Å².